The van der Waals surface area contributed by atoms with Gasteiger partial charge in [-0.25, -0.2) is 0 Å². The van der Waals surface area contributed by atoms with E-state index in [0.29, 0.717) is 11.3 Å². The van der Waals surface area contributed by atoms with E-state index in [1.165, 1.54) is 25.7 Å². The van der Waals surface area contributed by atoms with Crippen LogP contribution in [0, 0.1) is 0 Å². The van der Waals surface area contributed by atoms with Crippen molar-refractivity contribution >= 4 is 10.8 Å². The Hall–Kier alpha value is -0.710. The first-order chi connectivity index (χ1) is 10.6. The lowest BCUT2D eigenvalue weighted by Crippen LogP contribution is -2.39. The number of hydrogen-bond acceptors (Lipinski definition) is 3. The zero-order valence-electron chi connectivity index (χ0n) is 13.8. The van der Waals surface area contributed by atoms with Crippen molar-refractivity contribution in [2.45, 2.75) is 81.1 Å². The van der Waals surface area contributed by atoms with Gasteiger partial charge in [-0.3, -0.25) is 4.21 Å². The van der Waals surface area contributed by atoms with E-state index >= 15 is 0 Å². The molecule has 4 heteroatoms. The van der Waals surface area contributed by atoms with Gasteiger partial charge in [0.1, 0.15) is 0 Å². The van der Waals surface area contributed by atoms with E-state index < -0.39 is 28.3 Å². The highest BCUT2D eigenvalue weighted by Crippen LogP contribution is 2.20. The summed E-state index contributed by atoms with van der Waals surface area (Å²) in [6, 6.07) is 9.08. The fourth-order valence-electron chi connectivity index (χ4n) is 2.65. The average Bonchev–Trinajstić information content (AvgIpc) is 2.51. The molecule has 0 aliphatic carbocycles. The molecular weight excluding hydrogens is 296 g/mol. The van der Waals surface area contributed by atoms with Crippen LogP contribution in [0.3, 0.4) is 0 Å². The molecule has 4 atom stereocenters. The van der Waals surface area contributed by atoms with Crippen LogP contribution in [-0.2, 0) is 10.8 Å². The Kier molecular flexibility index (Phi) is 9.60. The third kappa shape index (κ3) is 6.59. The lowest BCUT2D eigenvalue weighted by molar-refractivity contribution is 0.0895. The summed E-state index contributed by atoms with van der Waals surface area (Å²) in [4.78, 5) is 0.662. The van der Waals surface area contributed by atoms with E-state index in [9.17, 15) is 14.4 Å². The molecule has 126 valence electrons. The lowest BCUT2D eigenvalue weighted by Gasteiger charge is -2.25. The van der Waals surface area contributed by atoms with Crippen LogP contribution < -0.4 is 0 Å². The normalized spacial score (nSPS) is 16.9. The van der Waals surface area contributed by atoms with Gasteiger partial charge < -0.3 is 10.2 Å². The molecule has 0 aliphatic heterocycles. The smallest absolute Gasteiger partial charge is 0.0909 e. The van der Waals surface area contributed by atoms with Gasteiger partial charge in [-0.05, 0) is 25.5 Å². The molecule has 0 aromatic heterocycles. The number of unbranched alkanes of at least 4 members (excludes halogenated alkanes) is 5. The van der Waals surface area contributed by atoms with Gasteiger partial charge in [0.2, 0.25) is 0 Å². The second-order valence-corrected chi connectivity index (χ2v) is 7.55. The molecule has 0 spiro atoms. The van der Waals surface area contributed by atoms with Crippen molar-refractivity contribution in [3.8, 4) is 0 Å². The highest BCUT2D eigenvalue weighted by molar-refractivity contribution is 7.85. The van der Waals surface area contributed by atoms with Crippen molar-refractivity contribution in [3.05, 3.63) is 30.3 Å². The first-order valence-corrected chi connectivity index (χ1v) is 9.61. The summed E-state index contributed by atoms with van der Waals surface area (Å²) in [6.07, 6.45) is 5.98. The molecule has 0 aliphatic rings. The average molecular weight is 327 g/mol. The molecule has 0 bridgehead atoms. The Morgan fingerprint density at radius 1 is 1.00 bits per heavy atom. The second kappa shape index (κ2) is 10.9. The highest BCUT2D eigenvalue weighted by Gasteiger charge is 2.30. The number of rotatable bonds is 11. The van der Waals surface area contributed by atoms with Gasteiger partial charge in [0.25, 0.3) is 0 Å². The van der Waals surface area contributed by atoms with Gasteiger partial charge in [-0.2, -0.15) is 0 Å². The van der Waals surface area contributed by atoms with Crippen molar-refractivity contribution in [1.82, 2.24) is 0 Å². The van der Waals surface area contributed by atoms with Crippen LogP contribution in [0.2, 0.25) is 0 Å². The molecular formula is C18H30O3S. The molecule has 0 amide bonds. The number of aliphatic hydroxyl groups excluding tert-OH is 2. The van der Waals surface area contributed by atoms with E-state index in [2.05, 4.69) is 6.92 Å². The maximum atomic E-state index is 12.6. The van der Waals surface area contributed by atoms with Crippen LogP contribution in [0.15, 0.2) is 35.2 Å². The Balaban J connectivity index is 2.50. The van der Waals surface area contributed by atoms with Crippen LogP contribution in [0.1, 0.15) is 58.8 Å². The van der Waals surface area contributed by atoms with Gasteiger partial charge in [-0.1, -0.05) is 63.6 Å². The van der Waals surface area contributed by atoms with Crippen molar-refractivity contribution in [1.29, 1.82) is 0 Å². The van der Waals surface area contributed by atoms with Crippen LogP contribution in [0.4, 0.5) is 0 Å². The molecule has 0 fully saturated rings. The fourth-order valence-corrected chi connectivity index (χ4v) is 4.17. The number of benzene rings is 1. The lowest BCUT2D eigenvalue weighted by atomic mass is 10.0. The van der Waals surface area contributed by atoms with E-state index in [4.69, 9.17) is 0 Å². The predicted molar refractivity (Wildman–Crippen MR) is 92.3 cm³/mol. The minimum atomic E-state index is -1.39. The van der Waals surface area contributed by atoms with Gasteiger partial charge in [0, 0.05) is 4.90 Å². The summed E-state index contributed by atoms with van der Waals surface area (Å²) in [5.74, 6) is 0. The Labute approximate surface area is 137 Å². The molecule has 0 saturated carbocycles. The first kappa shape index (κ1) is 19.3. The van der Waals surface area contributed by atoms with Crippen molar-refractivity contribution < 1.29 is 14.4 Å². The summed E-state index contributed by atoms with van der Waals surface area (Å²) in [5, 5.41) is 19.7. The summed E-state index contributed by atoms with van der Waals surface area (Å²) in [7, 11) is -1.39. The number of aliphatic hydroxyl groups is 2. The molecule has 1 aromatic carbocycles. The van der Waals surface area contributed by atoms with Crippen LogP contribution in [0.5, 0.6) is 0 Å². The summed E-state index contributed by atoms with van der Waals surface area (Å²) in [5.41, 5.74) is 0. The second-order valence-electron chi connectivity index (χ2n) is 5.94. The summed E-state index contributed by atoms with van der Waals surface area (Å²) in [6.45, 7) is 3.80. The third-order valence-electron chi connectivity index (χ3n) is 3.93. The monoisotopic (exact) mass is 326 g/mol. The summed E-state index contributed by atoms with van der Waals surface area (Å²) < 4.78 is 12.6. The molecule has 1 rings (SSSR count). The molecule has 0 heterocycles. The third-order valence-corrected chi connectivity index (χ3v) is 5.87. The van der Waals surface area contributed by atoms with E-state index in [0.717, 1.165) is 12.8 Å². The topological polar surface area (TPSA) is 57.5 Å². The minimum absolute atomic E-state index is 0.597. The van der Waals surface area contributed by atoms with Gasteiger partial charge >= 0.3 is 0 Å². The van der Waals surface area contributed by atoms with E-state index in [1.54, 1.807) is 19.1 Å². The minimum Gasteiger partial charge on any atom is -0.392 e. The molecule has 0 saturated heterocycles. The maximum absolute atomic E-state index is 12.6. The van der Waals surface area contributed by atoms with Gasteiger partial charge in [0.05, 0.1) is 28.3 Å². The Morgan fingerprint density at radius 2 is 1.59 bits per heavy atom. The van der Waals surface area contributed by atoms with Crippen LogP contribution in [-0.4, -0.2) is 31.9 Å². The SMILES string of the molecule is CCCCCCCCC(O)C(C(C)O)S(=O)c1ccccc1. The standard InChI is InChI=1S/C18H30O3S/c1-3-4-5-6-7-11-14-17(20)18(15(2)19)22(21)16-12-9-8-10-13-16/h8-10,12-13,15,17-20H,3-7,11,14H2,1-2H3. The zero-order chi connectivity index (χ0) is 16.4. The quantitative estimate of drug-likeness (QED) is 0.610. The predicted octanol–water partition coefficient (Wildman–Crippen LogP) is 3.66. The highest BCUT2D eigenvalue weighted by atomic mass is 32.2. The van der Waals surface area contributed by atoms with Crippen molar-refractivity contribution in [2.24, 2.45) is 0 Å². The van der Waals surface area contributed by atoms with E-state index in [1.807, 2.05) is 18.2 Å². The van der Waals surface area contributed by atoms with E-state index in [-0.39, 0.29) is 0 Å². The van der Waals surface area contributed by atoms with Gasteiger partial charge in [-0.15, -0.1) is 0 Å². The van der Waals surface area contributed by atoms with Crippen molar-refractivity contribution in [2.75, 3.05) is 0 Å². The Morgan fingerprint density at radius 3 is 2.18 bits per heavy atom. The zero-order valence-corrected chi connectivity index (χ0v) is 14.6. The molecule has 1 aromatic rings. The molecule has 3 nitrogen and oxygen atoms in total. The molecule has 2 N–H and O–H groups in total. The molecule has 4 unspecified atom stereocenters. The van der Waals surface area contributed by atoms with Crippen molar-refractivity contribution in [3.63, 3.8) is 0 Å². The van der Waals surface area contributed by atoms with Crippen LogP contribution >= 0.6 is 0 Å². The summed E-state index contributed by atoms with van der Waals surface area (Å²) >= 11 is 0. The molecule has 22 heavy (non-hydrogen) atoms. The van der Waals surface area contributed by atoms with Crippen LogP contribution in [0.25, 0.3) is 0 Å². The Bertz CT molecular complexity index is 420. The maximum Gasteiger partial charge on any atom is 0.0909 e. The fraction of sp³-hybridized carbons (Fsp3) is 0.667. The molecule has 0 radical (unpaired) electrons. The van der Waals surface area contributed by atoms with Gasteiger partial charge in [0.15, 0.2) is 0 Å². The number of hydrogen-bond donors (Lipinski definition) is 2. The largest absolute Gasteiger partial charge is 0.392 e. The first-order valence-electron chi connectivity index (χ1n) is 8.39.